The Balaban J connectivity index is 1.61. The molecule has 0 saturated heterocycles. The van der Waals surface area contributed by atoms with Gasteiger partial charge >= 0.3 is 5.97 Å². The predicted octanol–water partition coefficient (Wildman–Crippen LogP) is 5.94. The number of rotatable bonds is 13. The molecule has 35 heavy (non-hydrogen) atoms. The molecular weight excluding hydrogens is 442 g/mol. The number of hydrogen-bond donors (Lipinski definition) is 1. The average Bonchev–Trinajstić information content (AvgIpc) is 2.85. The largest absolute Gasteiger partial charge is 0.491 e. The molecule has 0 fully saturated rings. The zero-order valence-corrected chi connectivity index (χ0v) is 21.1. The molecular formula is C29H35NO5. The summed E-state index contributed by atoms with van der Waals surface area (Å²) >= 11 is 0. The fourth-order valence-corrected chi connectivity index (χ4v) is 3.88. The number of nitrogens with one attached hydrogen (secondary N) is 1. The van der Waals surface area contributed by atoms with Crippen LogP contribution in [0.3, 0.4) is 0 Å². The Labute approximate surface area is 208 Å². The van der Waals surface area contributed by atoms with Crippen LogP contribution < -0.4 is 14.8 Å². The van der Waals surface area contributed by atoms with Crippen molar-refractivity contribution in [2.75, 3.05) is 38.4 Å². The smallest absolute Gasteiger partial charge is 0.344 e. The molecule has 0 saturated carbocycles. The van der Waals surface area contributed by atoms with E-state index < -0.39 is 0 Å². The summed E-state index contributed by atoms with van der Waals surface area (Å²) in [5.74, 6) is 1.13. The van der Waals surface area contributed by atoms with E-state index in [1.807, 2.05) is 31.2 Å². The van der Waals surface area contributed by atoms with Gasteiger partial charge in [0.05, 0.1) is 13.2 Å². The Morgan fingerprint density at radius 3 is 2.26 bits per heavy atom. The van der Waals surface area contributed by atoms with Gasteiger partial charge in [-0.3, -0.25) is 0 Å². The molecule has 3 aromatic rings. The Bertz CT molecular complexity index is 1070. The van der Waals surface area contributed by atoms with Crippen LogP contribution in [-0.4, -0.2) is 39.0 Å². The number of hydrogen-bond acceptors (Lipinski definition) is 6. The molecule has 0 bridgehead atoms. The molecule has 0 aliphatic heterocycles. The first kappa shape index (κ1) is 26.1. The van der Waals surface area contributed by atoms with Crippen molar-refractivity contribution in [3.63, 3.8) is 0 Å². The zero-order valence-electron chi connectivity index (χ0n) is 21.1. The lowest BCUT2D eigenvalue weighted by Gasteiger charge is -2.15. The number of benzene rings is 3. The van der Waals surface area contributed by atoms with E-state index in [9.17, 15) is 4.79 Å². The van der Waals surface area contributed by atoms with E-state index in [-0.39, 0.29) is 12.6 Å². The molecule has 0 aliphatic rings. The summed E-state index contributed by atoms with van der Waals surface area (Å²) < 4.78 is 21.5. The lowest BCUT2D eigenvalue weighted by Crippen LogP contribution is -2.14. The van der Waals surface area contributed by atoms with E-state index in [2.05, 4.69) is 55.6 Å². The molecule has 1 N–H and O–H groups in total. The second kappa shape index (κ2) is 13.4. The fraction of sp³-hybridized carbons (Fsp3) is 0.345. The predicted molar refractivity (Wildman–Crippen MR) is 139 cm³/mol. The van der Waals surface area contributed by atoms with E-state index in [1.54, 1.807) is 6.92 Å². The number of anilines is 1. The number of carbonyl (C=O) groups excluding carboxylic acids is 1. The van der Waals surface area contributed by atoms with Crippen LogP contribution in [0.5, 0.6) is 11.5 Å². The van der Waals surface area contributed by atoms with Gasteiger partial charge in [0.25, 0.3) is 0 Å². The fourth-order valence-electron chi connectivity index (χ4n) is 3.88. The van der Waals surface area contributed by atoms with Crippen molar-refractivity contribution in [1.29, 1.82) is 0 Å². The topological polar surface area (TPSA) is 66.0 Å². The first-order valence-corrected chi connectivity index (χ1v) is 12.0. The van der Waals surface area contributed by atoms with Gasteiger partial charge in [0.2, 0.25) is 0 Å². The maximum absolute atomic E-state index is 11.4. The Morgan fingerprint density at radius 1 is 0.829 bits per heavy atom. The van der Waals surface area contributed by atoms with Crippen LogP contribution in [0.4, 0.5) is 5.69 Å². The third-order valence-electron chi connectivity index (χ3n) is 5.44. The minimum Gasteiger partial charge on any atom is -0.491 e. The van der Waals surface area contributed by atoms with Gasteiger partial charge in [-0.1, -0.05) is 18.2 Å². The van der Waals surface area contributed by atoms with Gasteiger partial charge in [0, 0.05) is 18.8 Å². The number of carbonyl (C=O) groups is 1. The summed E-state index contributed by atoms with van der Waals surface area (Å²) in [6, 6.07) is 20.3. The summed E-state index contributed by atoms with van der Waals surface area (Å²) in [5.41, 5.74) is 6.93. The molecule has 3 rings (SSSR count). The van der Waals surface area contributed by atoms with Crippen molar-refractivity contribution in [2.24, 2.45) is 0 Å². The summed E-state index contributed by atoms with van der Waals surface area (Å²) in [6.45, 7) is 10.8. The third-order valence-corrected chi connectivity index (χ3v) is 5.44. The van der Waals surface area contributed by atoms with Crippen molar-refractivity contribution in [3.8, 4) is 22.6 Å². The van der Waals surface area contributed by atoms with Crippen LogP contribution in [0.25, 0.3) is 11.1 Å². The normalized spacial score (nSPS) is 10.6. The Morgan fingerprint density at radius 2 is 1.57 bits per heavy atom. The van der Waals surface area contributed by atoms with Crippen LogP contribution in [0.15, 0.2) is 60.7 Å². The van der Waals surface area contributed by atoms with Crippen molar-refractivity contribution in [2.45, 2.75) is 34.2 Å². The van der Waals surface area contributed by atoms with Gasteiger partial charge in [-0.15, -0.1) is 0 Å². The van der Waals surface area contributed by atoms with Crippen LogP contribution in [-0.2, 0) is 20.8 Å². The van der Waals surface area contributed by atoms with E-state index in [1.165, 1.54) is 27.8 Å². The first-order chi connectivity index (χ1) is 17.0. The highest BCUT2D eigenvalue weighted by molar-refractivity contribution is 5.72. The molecule has 186 valence electrons. The average molecular weight is 478 g/mol. The Kier molecular flexibility index (Phi) is 9.99. The van der Waals surface area contributed by atoms with Gasteiger partial charge in [-0.05, 0) is 98.0 Å². The van der Waals surface area contributed by atoms with Crippen molar-refractivity contribution >= 4 is 11.7 Å². The number of esters is 1. The molecule has 0 spiro atoms. The molecule has 0 radical (unpaired) electrons. The summed E-state index contributed by atoms with van der Waals surface area (Å²) in [4.78, 5) is 11.4. The molecule has 0 heterocycles. The lowest BCUT2D eigenvalue weighted by molar-refractivity contribution is -0.145. The first-order valence-electron chi connectivity index (χ1n) is 12.0. The van der Waals surface area contributed by atoms with Crippen LogP contribution >= 0.6 is 0 Å². The van der Waals surface area contributed by atoms with Gasteiger partial charge < -0.3 is 24.3 Å². The molecule has 6 nitrogen and oxygen atoms in total. The lowest BCUT2D eigenvalue weighted by atomic mass is 9.94. The van der Waals surface area contributed by atoms with Gasteiger partial charge in [-0.2, -0.15) is 0 Å². The third kappa shape index (κ3) is 8.04. The van der Waals surface area contributed by atoms with E-state index in [0.717, 1.165) is 11.4 Å². The van der Waals surface area contributed by atoms with Crippen LogP contribution in [0.2, 0.25) is 0 Å². The van der Waals surface area contributed by atoms with E-state index >= 15 is 0 Å². The SMILES string of the molecule is CCOCCOc1cc(C)c(-c2cccc(CNc3ccc(OCC(=O)OCC)cc3)c2)c(C)c1. The quantitative estimate of drug-likeness (QED) is 0.243. The molecule has 0 aromatic heterocycles. The number of aryl methyl sites for hydroxylation is 2. The van der Waals surface area contributed by atoms with E-state index in [4.69, 9.17) is 18.9 Å². The van der Waals surface area contributed by atoms with Gasteiger partial charge in [0.15, 0.2) is 6.61 Å². The molecule has 0 aliphatic carbocycles. The Hall–Kier alpha value is -3.51. The molecule has 0 amide bonds. The standard InChI is InChI=1S/C29H35NO5/c1-5-32-14-15-34-27-16-21(3)29(22(4)17-27)24-9-7-8-23(18-24)19-30-25-10-12-26(13-11-25)35-20-28(31)33-6-2/h7-13,16-18,30H,5-6,14-15,19-20H2,1-4H3. The minimum absolute atomic E-state index is 0.0907. The van der Waals surface area contributed by atoms with Gasteiger partial charge in [0.1, 0.15) is 18.1 Å². The molecule has 0 atom stereocenters. The molecule has 0 unspecified atom stereocenters. The van der Waals surface area contributed by atoms with Crippen LogP contribution in [0.1, 0.15) is 30.5 Å². The molecule has 3 aromatic carbocycles. The minimum atomic E-state index is -0.371. The van der Waals surface area contributed by atoms with Gasteiger partial charge in [-0.25, -0.2) is 4.79 Å². The van der Waals surface area contributed by atoms with Crippen molar-refractivity contribution in [1.82, 2.24) is 0 Å². The highest BCUT2D eigenvalue weighted by Crippen LogP contribution is 2.31. The summed E-state index contributed by atoms with van der Waals surface area (Å²) in [7, 11) is 0. The maximum atomic E-state index is 11.4. The summed E-state index contributed by atoms with van der Waals surface area (Å²) in [5, 5.41) is 3.44. The molecule has 6 heteroatoms. The van der Waals surface area contributed by atoms with Crippen molar-refractivity contribution < 1.29 is 23.7 Å². The second-order valence-electron chi connectivity index (χ2n) is 8.15. The number of ether oxygens (including phenoxy) is 4. The summed E-state index contributed by atoms with van der Waals surface area (Å²) in [6.07, 6.45) is 0. The zero-order chi connectivity index (χ0) is 25.0. The van der Waals surface area contributed by atoms with E-state index in [0.29, 0.717) is 38.7 Å². The van der Waals surface area contributed by atoms with Crippen LogP contribution in [0, 0.1) is 13.8 Å². The monoisotopic (exact) mass is 477 g/mol. The highest BCUT2D eigenvalue weighted by atomic mass is 16.6. The van der Waals surface area contributed by atoms with Crippen molar-refractivity contribution in [3.05, 3.63) is 77.4 Å². The maximum Gasteiger partial charge on any atom is 0.344 e. The highest BCUT2D eigenvalue weighted by Gasteiger charge is 2.10. The second-order valence-corrected chi connectivity index (χ2v) is 8.15.